The van der Waals surface area contributed by atoms with E-state index >= 15 is 0 Å². The van der Waals surface area contributed by atoms with Gasteiger partial charge in [0.1, 0.15) is 33.5 Å². The highest BCUT2D eigenvalue weighted by Gasteiger charge is 2.30. The lowest BCUT2D eigenvalue weighted by atomic mass is 9.83. The van der Waals surface area contributed by atoms with Gasteiger partial charge < -0.3 is 13.3 Å². The van der Waals surface area contributed by atoms with E-state index in [0.29, 0.717) is 0 Å². The predicted octanol–water partition coefficient (Wildman–Crippen LogP) is 41.3. The number of hydrogen-bond donors (Lipinski definition) is 0. The standard InChI is InChI=1S/C52H32O.C48H28OS.C42H26O/c1-2-15-34(16-3-1)47-32-36(31-35-18-5-7-21-38(35)47)39-29-30-46(51-45-26-12-13-28-48(45)53-52(39)51)50-43-24-10-8-22-41(43)49(42-23-9-11-25-44(42)50)40-27-14-19-33-17-4-6-20-37(33)40;1-2-15-30-29(13-1)14-11-22-32(30)44-33-17-3-5-19-35(33)45(36-20-6-4-18-34(36)44)41-28-27-37(47-46(41)40-21-7-9-25-42(40)49-47)39-24-12-23-38-31-16-8-10-26-43(31)50-48(38)39;1-2-13-28(14-3-1)30-25-26-37(41-36-22-10-11-24-38(36)43-42(30)41)40-34-20-8-6-18-32(34)39(33-19-7-9-21-35(33)40)31-23-12-16-27-15-4-5-17-29(27)31/h1-32H;1-28H;1-26H. The third-order valence-corrected chi connectivity index (χ3v) is 31.6. The zero-order chi connectivity index (χ0) is 96.0. The summed E-state index contributed by atoms with van der Waals surface area (Å²) in [6, 6.07) is 189. The van der Waals surface area contributed by atoms with Crippen molar-refractivity contribution in [2.75, 3.05) is 0 Å². The summed E-state index contributed by atoms with van der Waals surface area (Å²) in [6.07, 6.45) is 0. The molecule has 0 N–H and O–H groups in total. The minimum absolute atomic E-state index is 0.890. The average molecular weight is 1870 g/mol. The highest BCUT2D eigenvalue weighted by molar-refractivity contribution is 7.26. The molecule has 4 heterocycles. The van der Waals surface area contributed by atoms with Crippen LogP contribution in [0.2, 0.25) is 0 Å². The molecule has 0 amide bonds. The van der Waals surface area contributed by atoms with Gasteiger partial charge in [0.05, 0.1) is 0 Å². The van der Waals surface area contributed by atoms with Gasteiger partial charge in [0.2, 0.25) is 0 Å². The molecule has 0 fully saturated rings. The number of hydrogen-bond acceptors (Lipinski definition) is 4. The van der Waals surface area contributed by atoms with Crippen LogP contribution in [0.25, 0.3) is 305 Å². The van der Waals surface area contributed by atoms with Crippen molar-refractivity contribution in [1.29, 1.82) is 0 Å². The van der Waals surface area contributed by atoms with E-state index in [1.807, 2.05) is 11.3 Å². The van der Waals surface area contributed by atoms with Gasteiger partial charge in [-0.3, -0.25) is 0 Å². The predicted molar refractivity (Wildman–Crippen MR) is 623 cm³/mol. The second kappa shape index (κ2) is 34.6. The molecule has 678 valence electrons. The van der Waals surface area contributed by atoms with Crippen molar-refractivity contribution < 1.29 is 13.3 Å². The van der Waals surface area contributed by atoms with Crippen molar-refractivity contribution >= 4 is 205 Å². The van der Waals surface area contributed by atoms with E-state index < -0.39 is 0 Å². The Hall–Kier alpha value is -18.8. The van der Waals surface area contributed by atoms with Crippen molar-refractivity contribution in [3.8, 4) is 111 Å². The number of para-hydroxylation sites is 3. The van der Waals surface area contributed by atoms with Gasteiger partial charge in [-0.1, -0.05) is 467 Å². The lowest BCUT2D eigenvalue weighted by molar-refractivity contribution is 0.669. The summed E-state index contributed by atoms with van der Waals surface area (Å²) in [5.74, 6) is 0. The number of rotatable bonds is 10. The summed E-state index contributed by atoms with van der Waals surface area (Å²) in [5.41, 5.74) is 29.6. The van der Waals surface area contributed by atoms with E-state index in [2.05, 4.69) is 522 Å². The third-order valence-electron chi connectivity index (χ3n) is 30.4. The van der Waals surface area contributed by atoms with Crippen molar-refractivity contribution in [3.05, 3.63) is 522 Å². The first kappa shape index (κ1) is 84.1. The fourth-order valence-corrected chi connectivity index (χ4v) is 25.4. The van der Waals surface area contributed by atoms with Crippen LogP contribution in [0.4, 0.5) is 0 Å². The van der Waals surface area contributed by atoms with Gasteiger partial charge in [-0.25, -0.2) is 0 Å². The highest BCUT2D eigenvalue weighted by atomic mass is 32.1. The molecule has 31 rings (SSSR count). The largest absolute Gasteiger partial charge is 0.455 e. The number of thiophene rings is 1. The van der Waals surface area contributed by atoms with Gasteiger partial charge in [-0.2, -0.15) is 0 Å². The van der Waals surface area contributed by atoms with Crippen molar-refractivity contribution in [2.45, 2.75) is 0 Å². The smallest absolute Gasteiger partial charge is 0.143 e. The normalized spacial score (nSPS) is 11.8. The molecule has 0 unspecified atom stereocenters. The highest BCUT2D eigenvalue weighted by Crippen LogP contribution is 2.56. The Morgan fingerprint density at radius 2 is 0.370 bits per heavy atom. The molecule has 0 aliphatic carbocycles. The molecule has 0 radical (unpaired) electrons. The minimum Gasteiger partial charge on any atom is -0.455 e. The van der Waals surface area contributed by atoms with E-state index in [-0.39, 0.29) is 0 Å². The monoisotopic (exact) mass is 1870 g/mol. The molecule has 0 atom stereocenters. The molecular weight excluding hydrogens is 1790 g/mol. The van der Waals surface area contributed by atoms with Crippen LogP contribution in [0.5, 0.6) is 0 Å². The van der Waals surface area contributed by atoms with Crippen LogP contribution in [0, 0.1) is 0 Å². The molecule has 0 saturated carbocycles. The van der Waals surface area contributed by atoms with Gasteiger partial charge >= 0.3 is 0 Å². The first-order chi connectivity index (χ1) is 72.5. The van der Waals surface area contributed by atoms with E-state index in [1.54, 1.807) is 0 Å². The van der Waals surface area contributed by atoms with E-state index in [1.165, 1.54) is 211 Å². The molecule has 0 aliphatic rings. The Labute approximate surface area is 844 Å². The third kappa shape index (κ3) is 13.5. The van der Waals surface area contributed by atoms with Crippen LogP contribution in [0.15, 0.2) is 535 Å². The topological polar surface area (TPSA) is 39.4 Å². The van der Waals surface area contributed by atoms with Gasteiger partial charge in [0, 0.05) is 74.7 Å². The van der Waals surface area contributed by atoms with Gasteiger partial charge in [0.15, 0.2) is 0 Å². The molecular formula is C142H86O3S. The van der Waals surface area contributed by atoms with Crippen molar-refractivity contribution in [3.63, 3.8) is 0 Å². The Morgan fingerprint density at radius 1 is 0.130 bits per heavy atom. The van der Waals surface area contributed by atoms with Crippen molar-refractivity contribution in [2.24, 2.45) is 0 Å². The molecule has 4 aromatic heterocycles. The summed E-state index contributed by atoms with van der Waals surface area (Å²) in [7, 11) is 0. The van der Waals surface area contributed by atoms with E-state index in [0.717, 1.165) is 93.6 Å². The fraction of sp³-hybridized carbons (Fsp3) is 0. The van der Waals surface area contributed by atoms with Gasteiger partial charge in [-0.15, -0.1) is 11.3 Å². The molecule has 27 aromatic carbocycles. The lowest BCUT2D eigenvalue weighted by Crippen LogP contribution is -1.92. The molecule has 0 saturated heterocycles. The Morgan fingerprint density at radius 3 is 0.740 bits per heavy atom. The van der Waals surface area contributed by atoms with Crippen LogP contribution in [0.3, 0.4) is 0 Å². The molecule has 0 aliphatic heterocycles. The summed E-state index contributed by atoms with van der Waals surface area (Å²) >= 11 is 1.86. The SMILES string of the molecule is c1ccc(-c2cc(-c3ccc(-c4c5ccccc5c(-c5cccc6ccccc56)c5ccccc45)c4c3oc3ccccc34)cc3ccccc23)cc1.c1ccc(-c2ccc(-c3c4ccccc4c(-c4cccc5ccccc45)c4ccccc34)c3c2oc2ccccc23)cc1.c1ccc2c(-c3c4ccccc4c(-c4ccc(-c5cccc6c5sc5ccccc56)c5oc6ccccc6c45)c4ccccc34)cccc2c1. The molecule has 0 bridgehead atoms. The summed E-state index contributed by atoms with van der Waals surface area (Å²) in [4.78, 5) is 0. The Bertz CT molecular complexity index is 10600. The quantitative estimate of drug-likeness (QED) is 0.128. The van der Waals surface area contributed by atoms with Gasteiger partial charge in [-0.05, 0) is 251 Å². The maximum atomic E-state index is 6.92. The maximum absolute atomic E-state index is 6.92. The zero-order valence-electron chi connectivity index (χ0n) is 79.3. The van der Waals surface area contributed by atoms with Gasteiger partial charge in [0.25, 0.3) is 0 Å². The summed E-state index contributed by atoms with van der Waals surface area (Å²) in [5, 5.41) is 34.3. The second-order valence-electron chi connectivity index (χ2n) is 38.3. The summed E-state index contributed by atoms with van der Waals surface area (Å²) < 4.78 is 23.1. The first-order valence-corrected chi connectivity index (χ1v) is 51.0. The second-order valence-corrected chi connectivity index (χ2v) is 39.3. The summed E-state index contributed by atoms with van der Waals surface area (Å²) in [6.45, 7) is 0. The maximum Gasteiger partial charge on any atom is 0.143 e. The van der Waals surface area contributed by atoms with Crippen molar-refractivity contribution in [1.82, 2.24) is 0 Å². The zero-order valence-corrected chi connectivity index (χ0v) is 80.1. The Kier molecular flexibility index (Phi) is 19.9. The number of fused-ring (bicyclic) bond motifs is 22. The minimum atomic E-state index is 0.890. The Balaban J connectivity index is 0.000000104. The van der Waals surface area contributed by atoms with Crippen LogP contribution < -0.4 is 0 Å². The number of benzene rings is 27. The first-order valence-electron chi connectivity index (χ1n) is 50.2. The van der Waals surface area contributed by atoms with Crippen LogP contribution >= 0.6 is 11.3 Å². The molecule has 0 spiro atoms. The van der Waals surface area contributed by atoms with Crippen LogP contribution in [0.1, 0.15) is 0 Å². The van der Waals surface area contributed by atoms with E-state index in [4.69, 9.17) is 13.3 Å². The lowest BCUT2D eigenvalue weighted by Gasteiger charge is -2.19. The molecule has 4 heteroatoms. The number of furan rings is 3. The molecule has 146 heavy (non-hydrogen) atoms. The van der Waals surface area contributed by atoms with Crippen LogP contribution in [-0.2, 0) is 0 Å². The average Bonchev–Trinajstić information content (AvgIpc) is 1.36. The molecule has 3 nitrogen and oxygen atoms in total. The van der Waals surface area contributed by atoms with E-state index in [9.17, 15) is 0 Å². The molecule has 31 aromatic rings. The van der Waals surface area contributed by atoms with Crippen LogP contribution in [-0.4, -0.2) is 0 Å². The fourth-order valence-electron chi connectivity index (χ4n) is 24.1.